The summed E-state index contributed by atoms with van der Waals surface area (Å²) in [4.78, 5) is 28.8. The number of nitro groups is 1. The summed E-state index contributed by atoms with van der Waals surface area (Å²) in [6, 6.07) is 4.40. The minimum absolute atomic E-state index is 0.294. The average Bonchev–Trinajstić information content (AvgIpc) is 2.41. The maximum atomic E-state index is 11.0. The molecule has 0 unspecified atom stereocenters. The highest BCUT2D eigenvalue weighted by Gasteiger charge is 2.21. The van der Waals surface area contributed by atoms with Crippen LogP contribution < -0.4 is 0 Å². The molecule has 102 valence electrons. The monoisotopic (exact) mass is 311 g/mol. The second kappa shape index (κ2) is 5.85. The number of rotatable bonds is 4. The van der Waals surface area contributed by atoms with E-state index < -0.39 is 22.1 Å². The van der Waals surface area contributed by atoms with Gasteiger partial charge >= 0.3 is 11.7 Å². The fourth-order valence-electron chi connectivity index (χ4n) is 1.33. The van der Waals surface area contributed by atoms with Crippen molar-refractivity contribution in [3.05, 3.63) is 51.3 Å². The van der Waals surface area contributed by atoms with E-state index in [1.807, 2.05) is 0 Å². The van der Waals surface area contributed by atoms with Gasteiger partial charge in [-0.25, -0.2) is 14.8 Å². The van der Waals surface area contributed by atoms with Crippen LogP contribution in [0.25, 0.3) is 0 Å². The number of carbonyl (C=O) groups is 1. The summed E-state index contributed by atoms with van der Waals surface area (Å²) in [5, 5.41) is 21.0. The lowest BCUT2D eigenvalue weighted by molar-refractivity contribution is -0.385. The van der Waals surface area contributed by atoms with Crippen LogP contribution >= 0.6 is 23.4 Å². The second-order valence-corrected chi connectivity index (χ2v) is 5.00. The Morgan fingerprint density at radius 2 is 2.00 bits per heavy atom. The zero-order chi connectivity index (χ0) is 14.7. The van der Waals surface area contributed by atoms with Crippen LogP contribution in [0.5, 0.6) is 0 Å². The molecule has 0 amide bonds. The van der Waals surface area contributed by atoms with E-state index in [-0.39, 0.29) is 0 Å². The van der Waals surface area contributed by atoms with Crippen molar-refractivity contribution in [3.8, 4) is 0 Å². The largest absolute Gasteiger partial charge is 0.477 e. The molecule has 0 fully saturated rings. The maximum Gasteiger partial charge on any atom is 0.342 e. The third-order valence-electron chi connectivity index (χ3n) is 2.19. The number of aromatic carboxylic acids is 1. The summed E-state index contributed by atoms with van der Waals surface area (Å²) < 4.78 is 0. The molecule has 0 saturated heterocycles. The molecule has 0 spiro atoms. The summed E-state index contributed by atoms with van der Waals surface area (Å²) in [6.45, 7) is 0. The van der Waals surface area contributed by atoms with Crippen LogP contribution in [0.1, 0.15) is 10.4 Å². The summed E-state index contributed by atoms with van der Waals surface area (Å²) in [5.41, 5.74) is -0.965. The van der Waals surface area contributed by atoms with E-state index in [0.29, 0.717) is 15.1 Å². The van der Waals surface area contributed by atoms with Gasteiger partial charge in [0.05, 0.1) is 9.95 Å². The first kappa shape index (κ1) is 14.2. The molecule has 7 nitrogen and oxygen atoms in total. The highest BCUT2D eigenvalue weighted by atomic mass is 35.5. The molecule has 0 saturated carbocycles. The van der Waals surface area contributed by atoms with Gasteiger partial charge in [-0.2, -0.15) is 0 Å². The number of nitrogens with zero attached hydrogens (tertiary/aromatic N) is 3. The molecule has 0 radical (unpaired) electrons. The predicted molar refractivity (Wildman–Crippen MR) is 71.2 cm³/mol. The van der Waals surface area contributed by atoms with Crippen molar-refractivity contribution in [2.24, 2.45) is 0 Å². The first-order chi connectivity index (χ1) is 9.47. The minimum Gasteiger partial charge on any atom is -0.477 e. The average molecular weight is 312 g/mol. The summed E-state index contributed by atoms with van der Waals surface area (Å²) in [5.74, 6) is -1.38. The lowest BCUT2D eigenvalue weighted by atomic mass is 10.2. The van der Waals surface area contributed by atoms with Crippen LogP contribution in [0.3, 0.4) is 0 Å². The molecule has 1 N–H and O–H groups in total. The number of pyridine rings is 2. The lowest BCUT2D eigenvalue weighted by Gasteiger charge is -2.02. The van der Waals surface area contributed by atoms with Crippen molar-refractivity contribution in [2.75, 3.05) is 0 Å². The highest BCUT2D eigenvalue weighted by Crippen LogP contribution is 2.28. The number of hydrogen-bond acceptors (Lipinski definition) is 6. The Bertz CT molecular complexity index is 678. The third-order valence-corrected chi connectivity index (χ3v) is 3.30. The summed E-state index contributed by atoms with van der Waals surface area (Å²) in [7, 11) is 0. The second-order valence-electron chi connectivity index (χ2n) is 3.52. The fourth-order valence-corrected chi connectivity index (χ4v) is 2.18. The first-order valence-corrected chi connectivity index (χ1v) is 6.34. The lowest BCUT2D eigenvalue weighted by Crippen LogP contribution is -2.03. The zero-order valence-electron chi connectivity index (χ0n) is 9.69. The number of hydrogen-bond donors (Lipinski definition) is 1. The number of aromatic nitrogens is 2. The van der Waals surface area contributed by atoms with Gasteiger partial charge in [-0.3, -0.25) is 10.1 Å². The van der Waals surface area contributed by atoms with Gasteiger partial charge in [0, 0.05) is 6.20 Å². The van der Waals surface area contributed by atoms with E-state index in [1.54, 1.807) is 12.1 Å². The molecule has 0 atom stereocenters. The van der Waals surface area contributed by atoms with Crippen molar-refractivity contribution in [2.45, 2.75) is 10.1 Å². The number of carboxylic acids is 1. The molecule has 0 aromatic carbocycles. The topological polar surface area (TPSA) is 106 Å². The molecule has 0 aliphatic carbocycles. The van der Waals surface area contributed by atoms with Crippen LogP contribution in [0.15, 0.2) is 40.6 Å². The molecule has 2 aromatic heterocycles. The van der Waals surface area contributed by atoms with E-state index >= 15 is 0 Å². The standard InChI is InChI=1S/C11H6ClN3O4S/c12-6-1-2-9(13-4-6)20-10-3-7(11(16)17)8(5-14-10)15(18)19/h1-5H,(H,16,17). The molecule has 0 bridgehead atoms. The quantitative estimate of drug-likeness (QED) is 0.683. The van der Waals surface area contributed by atoms with Crippen molar-refractivity contribution in [3.63, 3.8) is 0 Å². The Hall–Kier alpha value is -2.19. The van der Waals surface area contributed by atoms with Crippen molar-refractivity contribution in [1.29, 1.82) is 0 Å². The molecular formula is C11H6ClN3O4S. The summed E-state index contributed by atoms with van der Waals surface area (Å²) in [6.07, 6.45) is 2.36. The van der Waals surface area contributed by atoms with Gasteiger partial charge in [-0.1, -0.05) is 23.4 Å². The number of halogens is 1. The van der Waals surface area contributed by atoms with Crippen LogP contribution in [-0.2, 0) is 0 Å². The van der Waals surface area contributed by atoms with E-state index in [4.69, 9.17) is 16.7 Å². The van der Waals surface area contributed by atoms with Crippen LogP contribution in [0.4, 0.5) is 5.69 Å². The SMILES string of the molecule is O=C(O)c1cc(Sc2ccc(Cl)cn2)ncc1[N+](=O)[O-]. The van der Waals surface area contributed by atoms with Gasteiger partial charge < -0.3 is 5.11 Å². The Kier molecular flexibility index (Phi) is 4.16. The Balaban J connectivity index is 2.34. The normalized spacial score (nSPS) is 10.2. The van der Waals surface area contributed by atoms with Gasteiger partial charge in [-0.05, 0) is 18.2 Å². The van der Waals surface area contributed by atoms with E-state index in [2.05, 4.69) is 9.97 Å². The van der Waals surface area contributed by atoms with Gasteiger partial charge in [0.25, 0.3) is 0 Å². The number of carboxylic acid groups (broad SMARTS) is 1. The zero-order valence-corrected chi connectivity index (χ0v) is 11.3. The van der Waals surface area contributed by atoms with Gasteiger partial charge in [0.15, 0.2) is 0 Å². The van der Waals surface area contributed by atoms with Crippen LogP contribution in [0, 0.1) is 10.1 Å². The van der Waals surface area contributed by atoms with Crippen LogP contribution in [0.2, 0.25) is 5.02 Å². The molecular weight excluding hydrogens is 306 g/mol. The van der Waals surface area contributed by atoms with Crippen molar-refractivity contribution in [1.82, 2.24) is 9.97 Å². The van der Waals surface area contributed by atoms with E-state index in [9.17, 15) is 14.9 Å². The molecule has 2 heterocycles. The molecule has 0 aliphatic rings. The molecule has 0 aliphatic heterocycles. The Morgan fingerprint density at radius 1 is 1.30 bits per heavy atom. The first-order valence-electron chi connectivity index (χ1n) is 5.14. The Labute approximate surface area is 121 Å². The summed E-state index contributed by atoms with van der Waals surface area (Å²) >= 11 is 6.78. The predicted octanol–water partition coefficient (Wildman–Crippen LogP) is 2.89. The highest BCUT2D eigenvalue weighted by molar-refractivity contribution is 7.99. The Morgan fingerprint density at radius 3 is 2.55 bits per heavy atom. The molecule has 9 heteroatoms. The van der Waals surface area contributed by atoms with Crippen LogP contribution in [-0.4, -0.2) is 26.0 Å². The van der Waals surface area contributed by atoms with Gasteiger partial charge in [0.1, 0.15) is 21.8 Å². The smallest absolute Gasteiger partial charge is 0.342 e. The maximum absolute atomic E-state index is 11.0. The van der Waals surface area contributed by atoms with E-state index in [0.717, 1.165) is 24.0 Å². The van der Waals surface area contributed by atoms with E-state index in [1.165, 1.54) is 6.20 Å². The molecule has 2 rings (SSSR count). The minimum atomic E-state index is -1.38. The fraction of sp³-hybridized carbons (Fsp3) is 0. The molecule has 2 aromatic rings. The van der Waals surface area contributed by atoms with Crippen molar-refractivity contribution >= 4 is 35.0 Å². The third kappa shape index (κ3) is 3.22. The van der Waals surface area contributed by atoms with Gasteiger partial charge in [0.2, 0.25) is 0 Å². The van der Waals surface area contributed by atoms with Crippen molar-refractivity contribution < 1.29 is 14.8 Å². The van der Waals surface area contributed by atoms with Gasteiger partial charge in [-0.15, -0.1) is 0 Å². The molecule has 20 heavy (non-hydrogen) atoms.